The molecule has 0 spiro atoms. The van der Waals surface area contributed by atoms with Crippen molar-refractivity contribution in [1.29, 1.82) is 0 Å². The maximum atomic E-state index is 12.5. The number of amides is 3. The van der Waals surface area contributed by atoms with Crippen LogP contribution in [-0.4, -0.2) is 53.5 Å². The molecule has 1 aromatic carbocycles. The van der Waals surface area contributed by atoms with Crippen LogP contribution in [-0.2, 0) is 11.2 Å². The summed E-state index contributed by atoms with van der Waals surface area (Å²) < 4.78 is 0. The predicted molar refractivity (Wildman–Crippen MR) is 96.1 cm³/mol. The Morgan fingerprint density at radius 1 is 1.04 bits per heavy atom. The molecule has 0 aliphatic carbocycles. The third-order valence-electron chi connectivity index (χ3n) is 4.24. The Hall–Kier alpha value is -2.04. The number of carbonyl (C=O) groups excluding carboxylic acids is 2. The predicted octanol–water partition coefficient (Wildman–Crippen LogP) is 2.50. The van der Waals surface area contributed by atoms with Gasteiger partial charge in [-0.25, -0.2) is 4.79 Å². The molecule has 1 aliphatic heterocycles. The van der Waals surface area contributed by atoms with Crippen molar-refractivity contribution in [3.63, 3.8) is 0 Å². The van der Waals surface area contributed by atoms with Gasteiger partial charge in [0.1, 0.15) is 0 Å². The van der Waals surface area contributed by atoms with Gasteiger partial charge in [-0.05, 0) is 45.7 Å². The molecule has 0 atom stereocenters. The van der Waals surface area contributed by atoms with Gasteiger partial charge in [0.15, 0.2) is 0 Å². The first-order valence-corrected chi connectivity index (χ1v) is 8.57. The van der Waals surface area contributed by atoms with Crippen molar-refractivity contribution in [3.05, 3.63) is 34.9 Å². The normalized spacial score (nSPS) is 15.4. The molecule has 1 saturated heterocycles. The largest absolute Gasteiger partial charge is 0.339 e. The second-order valence-corrected chi connectivity index (χ2v) is 7.65. The Morgan fingerprint density at radius 3 is 2.17 bits per heavy atom. The summed E-state index contributed by atoms with van der Waals surface area (Å²) in [6.07, 6.45) is 0.431. The van der Waals surface area contributed by atoms with Crippen LogP contribution in [0.5, 0.6) is 0 Å². The lowest BCUT2D eigenvalue weighted by atomic mass is 10.0. The molecule has 0 bridgehead atoms. The maximum absolute atomic E-state index is 12.5. The third-order valence-corrected chi connectivity index (χ3v) is 4.24. The molecular weight excluding hydrogens is 302 g/mol. The number of rotatable bonds is 2. The molecule has 3 amide bonds. The van der Waals surface area contributed by atoms with Crippen molar-refractivity contribution in [3.8, 4) is 0 Å². The third kappa shape index (κ3) is 4.98. The molecule has 0 saturated carbocycles. The topological polar surface area (TPSA) is 52.7 Å². The minimum absolute atomic E-state index is 0.0519. The number of benzene rings is 1. The lowest BCUT2D eigenvalue weighted by Crippen LogP contribution is -2.56. The lowest BCUT2D eigenvalue weighted by Gasteiger charge is -2.36. The van der Waals surface area contributed by atoms with Crippen LogP contribution in [0.15, 0.2) is 18.2 Å². The van der Waals surface area contributed by atoms with E-state index in [2.05, 4.69) is 18.3 Å². The van der Waals surface area contributed by atoms with E-state index in [0.29, 0.717) is 32.6 Å². The van der Waals surface area contributed by atoms with E-state index in [9.17, 15) is 9.59 Å². The first kappa shape index (κ1) is 18.3. The molecule has 1 aliphatic rings. The number of aryl methyl sites for hydroxylation is 2. The first-order chi connectivity index (χ1) is 11.2. The van der Waals surface area contributed by atoms with Crippen molar-refractivity contribution < 1.29 is 9.59 Å². The number of carbonyl (C=O) groups is 2. The van der Waals surface area contributed by atoms with E-state index in [1.54, 1.807) is 4.90 Å². The molecule has 5 heteroatoms. The molecule has 5 nitrogen and oxygen atoms in total. The van der Waals surface area contributed by atoms with Gasteiger partial charge in [-0.3, -0.25) is 4.79 Å². The van der Waals surface area contributed by atoms with Gasteiger partial charge in [0.25, 0.3) is 0 Å². The lowest BCUT2D eigenvalue weighted by molar-refractivity contribution is -0.131. The summed E-state index contributed by atoms with van der Waals surface area (Å²) in [5.74, 6) is 0.137. The summed E-state index contributed by atoms with van der Waals surface area (Å²) in [4.78, 5) is 28.3. The summed E-state index contributed by atoms with van der Waals surface area (Å²) in [6, 6.07) is 6.14. The Bertz CT molecular complexity index is 612. The number of nitrogens with zero attached hydrogens (tertiary/aromatic N) is 2. The maximum Gasteiger partial charge on any atom is 0.317 e. The van der Waals surface area contributed by atoms with Crippen LogP contribution < -0.4 is 5.32 Å². The molecule has 1 fully saturated rings. The zero-order valence-corrected chi connectivity index (χ0v) is 15.5. The fraction of sp³-hybridized carbons (Fsp3) is 0.579. The Labute approximate surface area is 145 Å². The Balaban J connectivity index is 1.87. The highest BCUT2D eigenvalue weighted by Crippen LogP contribution is 2.13. The van der Waals surface area contributed by atoms with Gasteiger partial charge in [-0.15, -0.1) is 0 Å². The number of urea groups is 1. The molecule has 1 aromatic rings. The molecule has 1 heterocycles. The molecule has 0 radical (unpaired) electrons. The zero-order chi connectivity index (χ0) is 17.9. The highest BCUT2D eigenvalue weighted by molar-refractivity contribution is 5.80. The van der Waals surface area contributed by atoms with E-state index >= 15 is 0 Å². The molecule has 2 rings (SSSR count). The van der Waals surface area contributed by atoms with E-state index in [-0.39, 0.29) is 17.5 Å². The zero-order valence-electron chi connectivity index (χ0n) is 15.5. The second-order valence-electron chi connectivity index (χ2n) is 7.65. The van der Waals surface area contributed by atoms with Crippen molar-refractivity contribution in [2.24, 2.45) is 0 Å². The summed E-state index contributed by atoms with van der Waals surface area (Å²) in [7, 11) is 0. The van der Waals surface area contributed by atoms with E-state index < -0.39 is 0 Å². The van der Waals surface area contributed by atoms with Gasteiger partial charge in [0.2, 0.25) is 5.91 Å². The average Bonchev–Trinajstić information content (AvgIpc) is 2.48. The van der Waals surface area contributed by atoms with Gasteiger partial charge < -0.3 is 15.1 Å². The van der Waals surface area contributed by atoms with Gasteiger partial charge in [0, 0.05) is 31.7 Å². The Kier molecular flexibility index (Phi) is 5.52. The van der Waals surface area contributed by atoms with Crippen LogP contribution in [0.4, 0.5) is 4.79 Å². The van der Waals surface area contributed by atoms with Crippen molar-refractivity contribution in [2.45, 2.75) is 46.6 Å². The Morgan fingerprint density at radius 2 is 1.62 bits per heavy atom. The molecule has 24 heavy (non-hydrogen) atoms. The number of piperazine rings is 1. The van der Waals surface area contributed by atoms with E-state index in [1.807, 2.05) is 44.7 Å². The molecule has 132 valence electrons. The highest BCUT2D eigenvalue weighted by Gasteiger charge is 2.26. The quantitative estimate of drug-likeness (QED) is 0.905. The smallest absolute Gasteiger partial charge is 0.317 e. The van der Waals surface area contributed by atoms with Crippen molar-refractivity contribution in [2.75, 3.05) is 26.2 Å². The van der Waals surface area contributed by atoms with Crippen molar-refractivity contribution in [1.82, 2.24) is 15.1 Å². The number of nitrogens with one attached hydrogen (secondary N) is 1. The highest BCUT2D eigenvalue weighted by atomic mass is 16.2. The first-order valence-electron chi connectivity index (χ1n) is 8.57. The van der Waals surface area contributed by atoms with Crippen molar-refractivity contribution >= 4 is 11.9 Å². The van der Waals surface area contributed by atoms with Crippen LogP contribution in [0.25, 0.3) is 0 Å². The molecule has 0 unspecified atom stereocenters. The number of hydrogen-bond acceptors (Lipinski definition) is 2. The molecule has 1 N–H and O–H groups in total. The monoisotopic (exact) mass is 331 g/mol. The minimum atomic E-state index is -0.243. The fourth-order valence-electron chi connectivity index (χ4n) is 2.88. The van der Waals surface area contributed by atoms with Crippen LogP contribution >= 0.6 is 0 Å². The second kappa shape index (κ2) is 7.24. The minimum Gasteiger partial charge on any atom is -0.339 e. The summed E-state index contributed by atoms with van der Waals surface area (Å²) in [5.41, 5.74) is 3.21. The summed E-state index contributed by atoms with van der Waals surface area (Å²) >= 11 is 0. The summed E-state index contributed by atoms with van der Waals surface area (Å²) in [5, 5.41) is 2.97. The van der Waals surface area contributed by atoms with Crippen LogP contribution in [0.1, 0.15) is 37.5 Å². The van der Waals surface area contributed by atoms with E-state index in [1.165, 1.54) is 5.56 Å². The van der Waals surface area contributed by atoms with Crippen LogP contribution in [0.2, 0.25) is 0 Å². The van der Waals surface area contributed by atoms with Gasteiger partial charge in [0.05, 0.1) is 6.42 Å². The van der Waals surface area contributed by atoms with Crippen LogP contribution in [0.3, 0.4) is 0 Å². The van der Waals surface area contributed by atoms with E-state index in [4.69, 9.17) is 0 Å². The van der Waals surface area contributed by atoms with Gasteiger partial charge in [-0.2, -0.15) is 0 Å². The standard InChI is InChI=1S/C19H29N3O2/c1-14-6-7-16(15(2)12-14)13-17(23)21-8-10-22(11-9-21)18(24)20-19(3,4)5/h6-7,12H,8-11,13H2,1-5H3,(H,20,24). The van der Waals surface area contributed by atoms with Crippen LogP contribution in [0, 0.1) is 13.8 Å². The average molecular weight is 331 g/mol. The molecule has 0 aromatic heterocycles. The number of hydrogen-bond donors (Lipinski definition) is 1. The molecular formula is C19H29N3O2. The fourth-order valence-corrected chi connectivity index (χ4v) is 2.88. The van der Waals surface area contributed by atoms with Gasteiger partial charge in [-0.1, -0.05) is 23.8 Å². The van der Waals surface area contributed by atoms with E-state index in [0.717, 1.165) is 11.1 Å². The summed E-state index contributed by atoms with van der Waals surface area (Å²) in [6.45, 7) is 12.4. The van der Waals surface area contributed by atoms with Gasteiger partial charge >= 0.3 is 6.03 Å². The SMILES string of the molecule is Cc1ccc(CC(=O)N2CCN(C(=O)NC(C)(C)C)CC2)c(C)c1.